The second-order valence-corrected chi connectivity index (χ2v) is 5.98. The molecule has 116 valence electrons. The summed E-state index contributed by atoms with van der Waals surface area (Å²) in [6.45, 7) is 4.67. The van der Waals surface area contributed by atoms with Crippen LogP contribution in [-0.4, -0.2) is 22.5 Å². The molecule has 3 rings (SSSR count). The molecule has 1 amide bonds. The van der Waals surface area contributed by atoms with E-state index in [9.17, 15) is 9.18 Å². The zero-order valence-electron chi connectivity index (χ0n) is 12.8. The number of hydrogen-bond acceptors (Lipinski definition) is 3. The van der Waals surface area contributed by atoms with Crippen molar-refractivity contribution >= 4 is 5.91 Å². The highest BCUT2D eigenvalue weighted by Crippen LogP contribution is 2.33. The lowest BCUT2D eigenvalue weighted by molar-refractivity contribution is 0.0725. The Kier molecular flexibility index (Phi) is 3.96. The number of carbonyl (C=O) groups is 1. The smallest absolute Gasteiger partial charge is 0.276 e. The van der Waals surface area contributed by atoms with E-state index in [0.29, 0.717) is 18.0 Å². The Bertz CT molecular complexity index is 664. The average molecular weight is 302 g/mol. The molecule has 1 aliphatic rings. The van der Waals surface area contributed by atoms with Gasteiger partial charge in [-0.25, -0.2) is 4.39 Å². The van der Waals surface area contributed by atoms with Crippen molar-refractivity contribution < 1.29 is 13.7 Å². The Balaban J connectivity index is 1.82. The lowest BCUT2D eigenvalue weighted by atomic mass is 10.0. The highest BCUT2D eigenvalue weighted by Gasteiger charge is 2.32. The zero-order chi connectivity index (χ0) is 15.7. The number of aromatic nitrogens is 1. The van der Waals surface area contributed by atoms with Gasteiger partial charge in [-0.1, -0.05) is 31.1 Å². The Hall–Kier alpha value is -2.17. The molecule has 1 saturated heterocycles. The number of likely N-dealkylation sites (tertiary alicyclic amines) is 1. The molecule has 1 atom stereocenters. The highest BCUT2D eigenvalue weighted by atomic mass is 19.1. The van der Waals surface area contributed by atoms with Crippen LogP contribution in [-0.2, 0) is 0 Å². The van der Waals surface area contributed by atoms with Gasteiger partial charge in [0.2, 0.25) is 0 Å². The van der Waals surface area contributed by atoms with Gasteiger partial charge < -0.3 is 9.42 Å². The summed E-state index contributed by atoms with van der Waals surface area (Å²) in [5, 5.41) is 3.90. The summed E-state index contributed by atoms with van der Waals surface area (Å²) in [7, 11) is 0. The van der Waals surface area contributed by atoms with Crippen molar-refractivity contribution in [2.24, 2.45) is 0 Å². The van der Waals surface area contributed by atoms with Crippen molar-refractivity contribution in [2.75, 3.05) is 6.54 Å². The molecule has 0 saturated carbocycles. The van der Waals surface area contributed by atoms with Crippen LogP contribution in [0.15, 0.2) is 34.9 Å². The second-order valence-electron chi connectivity index (χ2n) is 5.98. The molecule has 22 heavy (non-hydrogen) atoms. The van der Waals surface area contributed by atoms with Crippen molar-refractivity contribution in [1.29, 1.82) is 0 Å². The Morgan fingerprint density at radius 3 is 2.73 bits per heavy atom. The number of carbonyl (C=O) groups excluding carboxylic acids is 1. The van der Waals surface area contributed by atoms with Gasteiger partial charge in [-0.15, -0.1) is 0 Å². The number of rotatable bonds is 3. The van der Waals surface area contributed by atoms with Gasteiger partial charge in [0, 0.05) is 18.5 Å². The predicted molar refractivity (Wildman–Crippen MR) is 80.0 cm³/mol. The van der Waals surface area contributed by atoms with Gasteiger partial charge >= 0.3 is 0 Å². The van der Waals surface area contributed by atoms with Crippen LogP contribution < -0.4 is 0 Å². The van der Waals surface area contributed by atoms with Gasteiger partial charge in [-0.2, -0.15) is 0 Å². The molecule has 2 aromatic rings. The van der Waals surface area contributed by atoms with Gasteiger partial charge in [-0.05, 0) is 30.5 Å². The third-order valence-electron chi connectivity index (χ3n) is 4.08. The summed E-state index contributed by atoms with van der Waals surface area (Å²) in [6, 6.07) is 8.05. The maximum absolute atomic E-state index is 13.1. The van der Waals surface area contributed by atoms with E-state index in [-0.39, 0.29) is 23.7 Å². The van der Waals surface area contributed by atoms with Crippen LogP contribution in [0.25, 0.3) is 0 Å². The molecular formula is C17H19FN2O2. The van der Waals surface area contributed by atoms with Crippen molar-refractivity contribution in [3.05, 3.63) is 53.2 Å². The Morgan fingerprint density at radius 2 is 2.09 bits per heavy atom. The van der Waals surface area contributed by atoms with Gasteiger partial charge in [0.25, 0.3) is 5.91 Å². The predicted octanol–water partition coefficient (Wildman–Crippen LogP) is 3.91. The third-order valence-corrected chi connectivity index (χ3v) is 4.08. The molecule has 1 fully saturated rings. The maximum atomic E-state index is 13.1. The monoisotopic (exact) mass is 302 g/mol. The molecule has 2 heterocycles. The minimum atomic E-state index is -0.266. The molecule has 0 radical (unpaired) electrons. The third kappa shape index (κ3) is 2.75. The van der Waals surface area contributed by atoms with E-state index in [0.717, 1.165) is 18.4 Å². The first-order chi connectivity index (χ1) is 10.6. The van der Waals surface area contributed by atoms with E-state index in [1.165, 1.54) is 12.1 Å². The van der Waals surface area contributed by atoms with Crippen LogP contribution in [0, 0.1) is 5.82 Å². The summed E-state index contributed by atoms with van der Waals surface area (Å²) in [6.07, 6.45) is 1.81. The molecule has 4 nitrogen and oxygen atoms in total. The molecule has 1 aliphatic heterocycles. The van der Waals surface area contributed by atoms with Crippen LogP contribution in [0.1, 0.15) is 60.5 Å². The van der Waals surface area contributed by atoms with Crippen molar-refractivity contribution in [2.45, 2.75) is 38.6 Å². The number of amides is 1. The Labute approximate surface area is 128 Å². The Morgan fingerprint density at radius 1 is 1.36 bits per heavy atom. The van der Waals surface area contributed by atoms with Gasteiger partial charge in [0.15, 0.2) is 5.69 Å². The molecule has 0 bridgehead atoms. The summed E-state index contributed by atoms with van der Waals surface area (Å²) in [5.41, 5.74) is 1.30. The molecule has 1 aromatic carbocycles. The standard InChI is InChI=1S/C17H19FN2O2/c1-11(2)16-10-14(19-22-16)17(21)20-9-3-4-15(20)12-5-7-13(18)8-6-12/h5-8,10-11,15H,3-4,9H2,1-2H3. The highest BCUT2D eigenvalue weighted by molar-refractivity contribution is 5.92. The molecule has 0 aliphatic carbocycles. The number of halogens is 1. The molecule has 5 heteroatoms. The zero-order valence-corrected chi connectivity index (χ0v) is 12.8. The van der Waals surface area contributed by atoms with Gasteiger partial charge in [0.05, 0.1) is 6.04 Å². The van der Waals surface area contributed by atoms with E-state index in [2.05, 4.69) is 5.16 Å². The average Bonchev–Trinajstić information content (AvgIpc) is 3.17. The van der Waals surface area contributed by atoms with Crippen molar-refractivity contribution in [1.82, 2.24) is 10.1 Å². The van der Waals surface area contributed by atoms with E-state index in [1.54, 1.807) is 23.1 Å². The topological polar surface area (TPSA) is 46.3 Å². The van der Waals surface area contributed by atoms with Crippen LogP contribution in [0.4, 0.5) is 4.39 Å². The maximum Gasteiger partial charge on any atom is 0.276 e. The van der Waals surface area contributed by atoms with Gasteiger partial charge in [-0.3, -0.25) is 4.79 Å². The molecule has 0 spiro atoms. The SMILES string of the molecule is CC(C)c1cc(C(=O)N2CCCC2c2ccc(F)cc2)no1. The quantitative estimate of drug-likeness (QED) is 0.863. The summed E-state index contributed by atoms with van der Waals surface area (Å²) < 4.78 is 18.3. The largest absolute Gasteiger partial charge is 0.360 e. The summed E-state index contributed by atoms with van der Waals surface area (Å²) in [4.78, 5) is 14.5. The fourth-order valence-electron chi connectivity index (χ4n) is 2.85. The van der Waals surface area contributed by atoms with Crippen LogP contribution in [0.2, 0.25) is 0 Å². The van der Waals surface area contributed by atoms with E-state index < -0.39 is 0 Å². The fraction of sp³-hybridized carbons (Fsp3) is 0.412. The van der Waals surface area contributed by atoms with Crippen LogP contribution in [0.5, 0.6) is 0 Å². The first-order valence-electron chi connectivity index (χ1n) is 7.59. The molecule has 1 aromatic heterocycles. The van der Waals surface area contributed by atoms with E-state index in [4.69, 9.17) is 4.52 Å². The first-order valence-corrected chi connectivity index (χ1v) is 7.59. The first kappa shape index (κ1) is 14.8. The summed E-state index contributed by atoms with van der Waals surface area (Å²) >= 11 is 0. The minimum absolute atomic E-state index is 0.0210. The van der Waals surface area contributed by atoms with E-state index in [1.807, 2.05) is 13.8 Å². The summed E-state index contributed by atoms with van der Waals surface area (Å²) in [5.74, 6) is 0.515. The number of benzene rings is 1. The lowest BCUT2D eigenvalue weighted by Gasteiger charge is -2.24. The normalized spacial score (nSPS) is 18.2. The van der Waals surface area contributed by atoms with E-state index >= 15 is 0 Å². The molecule has 0 N–H and O–H groups in total. The second kappa shape index (κ2) is 5.91. The van der Waals surface area contributed by atoms with Gasteiger partial charge in [0.1, 0.15) is 11.6 Å². The molecule has 1 unspecified atom stereocenters. The fourth-order valence-corrected chi connectivity index (χ4v) is 2.85. The van der Waals surface area contributed by atoms with Crippen molar-refractivity contribution in [3.8, 4) is 0 Å². The molecular weight excluding hydrogens is 283 g/mol. The number of hydrogen-bond donors (Lipinski definition) is 0. The minimum Gasteiger partial charge on any atom is -0.360 e. The van der Waals surface area contributed by atoms with Crippen LogP contribution in [0.3, 0.4) is 0 Å². The lowest BCUT2D eigenvalue weighted by Crippen LogP contribution is -2.30. The number of nitrogens with zero attached hydrogens (tertiary/aromatic N) is 2. The van der Waals surface area contributed by atoms with Crippen molar-refractivity contribution in [3.63, 3.8) is 0 Å². The van der Waals surface area contributed by atoms with Crippen LogP contribution >= 0.6 is 0 Å².